The Balaban J connectivity index is 0.000000233. The first-order valence-electron chi connectivity index (χ1n) is 16.9. The van der Waals surface area contributed by atoms with Crippen molar-refractivity contribution in [3.63, 3.8) is 0 Å². The van der Waals surface area contributed by atoms with Crippen LogP contribution in [0.3, 0.4) is 0 Å². The van der Waals surface area contributed by atoms with Crippen LogP contribution in [0, 0.1) is 32.7 Å². The second-order valence-corrected chi connectivity index (χ2v) is 9.03. The number of fused-ring (bicyclic) bond motifs is 5. The number of hydrogen-bond acceptors (Lipinski definition) is 3. The molecule has 0 N–H and O–H groups in total. The molecule has 199 valence electrons. The number of aryl methyl sites for hydroxylation is 3. The van der Waals surface area contributed by atoms with Crippen LogP contribution in [0.5, 0.6) is 5.75 Å². The summed E-state index contributed by atoms with van der Waals surface area (Å²) < 4.78 is 74.4. The molecular weight excluding hydrogens is 669 g/mol. The topological polar surface area (TPSA) is 35.0 Å². The third kappa shape index (κ3) is 5.47. The van der Waals surface area contributed by atoms with Crippen molar-refractivity contribution in [2.75, 3.05) is 0 Å². The molecule has 3 nitrogen and oxygen atoms in total. The van der Waals surface area contributed by atoms with Crippen molar-refractivity contribution in [1.82, 2.24) is 9.97 Å². The number of aromatic nitrogens is 2. The molecular formula is C36H28IrN2O-2. The first kappa shape index (κ1) is 18.3. The number of rotatable bonds is 2. The van der Waals surface area contributed by atoms with Crippen LogP contribution in [0.2, 0.25) is 0 Å². The molecule has 0 aliphatic carbocycles. The van der Waals surface area contributed by atoms with Gasteiger partial charge in [-0.2, -0.15) is 0 Å². The van der Waals surface area contributed by atoms with E-state index < -0.39 is 20.6 Å². The number of nitrogens with zero attached hydrogens (tertiary/aromatic N) is 2. The summed E-state index contributed by atoms with van der Waals surface area (Å²) in [6, 6.07) is 34.1. The molecule has 40 heavy (non-hydrogen) atoms. The van der Waals surface area contributed by atoms with Crippen LogP contribution in [0.4, 0.5) is 0 Å². The molecule has 4 aromatic carbocycles. The van der Waals surface area contributed by atoms with Crippen molar-refractivity contribution in [2.45, 2.75) is 27.2 Å². The van der Waals surface area contributed by atoms with E-state index in [0.717, 1.165) is 44.9 Å². The van der Waals surface area contributed by atoms with Gasteiger partial charge >= 0.3 is 0 Å². The fourth-order valence-electron chi connectivity index (χ4n) is 4.62. The van der Waals surface area contributed by atoms with E-state index in [-0.39, 0.29) is 36.8 Å². The molecule has 1 radical (unpaired) electrons. The Labute approximate surface area is 261 Å². The van der Waals surface area contributed by atoms with E-state index in [1.807, 2.05) is 42.5 Å². The summed E-state index contributed by atoms with van der Waals surface area (Å²) in [5.74, 6) is 0.557. The van der Waals surface area contributed by atoms with Gasteiger partial charge in [-0.05, 0) is 65.0 Å². The maximum Gasteiger partial charge on any atom is 0.101 e. The Bertz CT molecular complexity index is 2090. The van der Waals surface area contributed by atoms with Gasteiger partial charge in [0.05, 0.1) is 0 Å². The molecule has 0 bridgehead atoms. The first-order valence-corrected chi connectivity index (χ1v) is 12.4. The molecule has 7 rings (SSSR count). The summed E-state index contributed by atoms with van der Waals surface area (Å²) >= 11 is 0. The van der Waals surface area contributed by atoms with Gasteiger partial charge in [0.1, 0.15) is 6.61 Å². The molecule has 4 heteroatoms. The molecule has 0 amide bonds. The fraction of sp³-hybridized carbons (Fsp3) is 0.111. The molecule has 0 saturated carbocycles. The van der Waals surface area contributed by atoms with Crippen LogP contribution < -0.4 is 4.74 Å². The number of hydrogen-bond donors (Lipinski definition) is 0. The van der Waals surface area contributed by atoms with Crippen molar-refractivity contribution < 1.29 is 37.2 Å². The van der Waals surface area contributed by atoms with Crippen molar-refractivity contribution in [3.8, 4) is 39.4 Å². The zero-order valence-corrected chi connectivity index (χ0v) is 23.6. The van der Waals surface area contributed by atoms with Crippen molar-refractivity contribution in [2.24, 2.45) is 0 Å². The Morgan fingerprint density at radius 1 is 0.775 bits per heavy atom. The minimum Gasteiger partial charge on any atom is -0.532 e. The number of benzene rings is 4. The summed E-state index contributed by atoms with van der Waals surface area (Å²) in [4.78, 5) is 8.42. The van der Waals surface area contributed by atoms with Crippen LogP contribution in [-0.4, -0.2) is 9.97 Å². The van der Waals surface area contributed by atoms with Gasteiger partial charge in [-0.15, -0.1) is 54.1 Å². The van der Waals surface area contributed by atoms with Crippen molar-refractivity contribution >= 4 is 10.8 Å². The first-order chi connectivity index (χ1) is 22.7. The summed E-state index contributed by atoms with van der Waals surface area (Å²) in [5, 5.41) is 2.21. The molecule has 0 atom stereocenters. The molecule has 1 aliphatic rings. The van der Waals surface area contributed by atoms with Crippen molar-refractivity contribution in [1.29, 1.82) is 0 Å². The minimum absolute atomic E-state index is 0. The normalized spacial score (nSPS) is 15.6. The fourth-order valence-corrected chi connectivity index (χ4v) is 4.62. The average Bonchev–Trinajstić information content (AvgIpc) is 3.07. The van der Waals surface area contributed by atoms with Gasteiger partial charge in [0.15, 0.2) is 0 Å². The van der Waals surface area contributed by atoms with Gasteiger partial charge in [-0.1, -0.05) is 71.3 Å². The number of ether oxygens (including phenoxy) is 1. The second kappa shape index (κ2) is 12.0. The van der Waals surface area contributed by atoms with E-state index >= 15 is 0 Å². The zero-order chi connectivity index (χ0) is 34.3. The number of pyridine rings is 2. The monoisotopic (exact) mass is 706 g/mol. The maximum atomic E-state index is 7.84. The smallest absolute Gasteiger partial charge is 0.101 e. The van der Waals surface area contributed by atoms with Crippen LogP contribution in [0.15, 0.2) is 103 Å². The van der Waals surface area contributed by atoms with E-state index in [2.05, 4.69) is 40.3 Å². The Morgan fingerprint density at radius 3 is 2.45 bits per heavy atom. The van der Waals surface area contributed by atoms with E-state index in [1.54, 1.807) is 24.3 Å². The molecule has 0 saturated heterocycles. The van der Waals surface area contributed by atoms with Crippen LogP contribution in [0.25, 0.3) is 44.4 Å². The van der Waals surface area contributed by atoms with Gasteiger partial charge in [-0.3, -0.25) is 0 Å². The zero-order valence-electron chi connectivity index (χ0n) is 30.2. The molecule has 0 unspecified atom stereocenters. The predicted molar refractivity (Wildman–Crippen MR) is 159 cm³/mol. The largest absolute Gasteiger partial charge is 0.532 e. The van der Waals surface area contributed by atoms with E-state index in [0.29, 0.717) is 23.6 Å². The van der Waals surface area contributed by atoms with Gasteiger partial charge in [0.25, 0.3) is 0 Å². The third-order valence-electron chi connectivity index (χ3n) is 6.51. The van der Waals surface area contributed by atoms with Gasteiger partial charge in [0, 0.05) is 50.6 Å². The van der Waals surface area contributed by atoms with E-state index in [9.17, 15) is 0 Å². The molecule has 0 spiro atoms. The minimum atomic E-state index is -2.60. The predicted octanol–water partition coefficient (Wildman–Crippen LogP) is 8.73. The molecule has 2 aromatic heterocycles. The third-order valence-corrected chi connectivity index (χ3v) is 6.51. The van der Waals surface area contributed by atoms with Crippen LogP contribution in [-0.2, 0) is 26.7 Å². The standard InChI is InChI=1S/C24H18NO.C12H10N.Ir/c1-15-12-22(25-13-16(15)2)20-8-5-9-21-23-18(14-26-24(20)21)11-10-17-6-3-4-7-19(17)23;1-10-7-8-12(13-9-10)11-5-3-2-4-6-11;/h3-7,9-13H,14H2,1-2H3;2-5,7-9H,1H3;/q2*-1;/i1D3,2D3;1D3;. The Morgan fingerprint density at radius 2 is 1.65 bits per heavy atom. The second-order valence-electron chi connectivity index (χ2n) is 9.03. The molecule has 1 aliphatic heterocycles. The molecule has 3 heterocycles. The van der Waals surface area contributed by atoms with Gasteiger partial charge in [0.2, 0.25) is 0 Å². The molecule has 0 fully saturated rings. The van der Waals surface area contributed by atoms with Gasteiger partial charge in [-0.25, -0.2) is 0 Å². The van der Waals surface area contributed by atoms with Gasteiger partial charge < -0.3 is 14.7 Å². The van der Waals surface area contributed by atoms with E-state index in [4.69, 9.17) is 17.1 Å². The summed E-state index contributed by atoms with van der Waals surface area (Å²) in [7, 11) is 0. The Hall–Kier alpha value is -4.11. The van der Waals surface area contributed by atoms with Crippen LogP contribution >= 0.6 is 0 Å². The summed E-state index contributed by atoms with van der Waals surface area (Å²) in [6.45, 7) is -6.91. The van der Waals surface area contributed by atoms with Crippen LogP contribution in [0.1, 0.15) is 34.6 Å². The molecule has 6 aromatic rings. The summed E-state index contributed by atoms with van der Waals surface area (Å²) in [6.07, 6.45) is 2.52. The van der Waals surface area contributed by atoms with Crippen molar-refractivity contribution in [3.05, 3.63) is 138 Å². The van der Waals surface area contributed by atoms with E-state index in [1.165, 1.54) is 12.3 Å². The average molecular weight is 706 g/mol. The Kier molecular flexibility index (Phi) is 5.46. The maximum absolute atomic E-state index is 7.84. The SMILES string of the molecule is [2H]C([2H])([2H])c1ccc(-c2[c-]cccc2)nc1.[2H]C([2H])([2H])c1cnc(-c2[c-]ccc3c2OCc2ccc4ccccc4c2-3)cc1C([2H])([2H])[2H].[Ir]. The quantitative estimate of drug-likeness (QED) is 0.169. The summed E-state index contributed by atoms with van der Waals surface area (Å²) in [5.41, 5.74) is 5.14.